The maximum absolute atomic E-state index is 12.3. The van der Waals surface area contributed by atoms with Crippen LogP contribution in [0.2, 0.25) is 0 Å². The Bertz CT molecular complexity index is 599. The molecule has 1 unspecified atom stereocenters. The first-order valence-corrected chi connectivity index (χ1v) is 7.20. The lowest BCUT2D eigenvalue weighted by molar-refractivity contribution is 0.0538. The number of aromatic amines is 1. The number of ether oxygens (including phenoxy) is 1. The van der Waals surface area contributed by atoms with Gasteiger partial charge in [-0.15, -0.1) is 0 Å². The maximum atomic E-state index is 12.3. The number of nitrogens with one attached hydrogen (secondary N) is 2. The molecule has 20 heavy (non-hydrogen) atoms. The molecule has 1 aromatic carbocycles. The summed E-state index contributed by atoms with van der Waals surface area (Å²) in [6, 6.07) is 7.91. The van der Waals surface area contributed by atoms with E-state index in [0.717, 1.165) is 42.5 Å². The van der Waals surface area contributed by atoms with Crippen LogP contribution in [-0.2, 0) is 4.74 Å². The number of hydrogen-bond acceptors (Lipinski definition) is 2. The summed E-state index contributed by atoms with van der Waals surface area (Å²) in [4.78, 5) is 15.4. The Morgan fingerprint density at radius 1 is 1.35 bits per heavy atom. The number of benzene rings is 1. The second-order valence-electron chi connectivity index (χ2n) is 5.49. The fourth-order valence-corrected chi connectivity index (χ4v) is 2.82. The van der Waals surface area contributed by atoms with Crippen LogP contribution >= 0.6 is 0 Å². The lowest BCUT2D eigenvalue weighted by Gasteiger charge is -2.28. The molecule has 4 nitrogen and oxygen atoms in total. The van der Waals surface area contributed by atoms with Crippen LogP contribution in [0.3, 0.4) is 0 Å². The van der Waals surface area contributed by atoms with Crippen LogP contribution in [0.15, 0.2) is 30.5 Å². The Balaban J connectivity index is 1.68. The van der Waals surface area contributed by atoms with Crippen LogP contribution in [0.25, 0.3) is 10.9 Å². The van der Waals surface area contributed by atoms with Crippen molar-refractivity contribution in [2.75, 3.05) is 13.2 Å². The van der Waals surface area contributed by atoms with Gasteiger partial charge in [-0.3, -0.25) is 4.79 Å². The van der Waals surface area contributed by atoms with Crippen LogP contribution < -0.4 is 5.32 Å². The summed E-state index contributed by atoms with van der Waals surface area (Å²) in [5.74, 6) is 0.524. The van der Waals surface area contributed by atoms with E-state index in [2.05, 4.69) is 17.2 Å². The lowest BCUT2D eigenvalue weighted by Crippen LogP contribution is -2.40. The van der Waals surface area contributed by atoms with E-state index in [1.54, 1.807) is 0 Å². The number of rotatable bonds is 3. The van der Waals surface area contributed by atoms with Crippen LogP contribution in [0.1, 0.15) is 30.1 Å². The second kappa shape index (κ2) is 5.67. The van der Waals surface area contributed by atoms with Crippen molar-refractivity contribution in [2.45, 2.75) is 25.8 Å². The minimum absolute atomic E-state index is 0.00657. The Labute approximate surface area is 118 Å². The van der Waals surface area contributed by atoms with Crippen molar-refractivity contribution in [3.05, 3.63) is 36.0 Å². The predicted molar refractivity (Wildman–Crippen MR) is 78.8 cm³/mol. The molecule has 1 atom stereocenters. The van der Waals surface area contributed by atoms with E-state index in [1.165, 1.54) is 0 Å². The standard InChI is InChI=1S/C16H20N2O2/c1-11(12-5-8-20-9-6-12)18-16(19)14-2-3-15-13(10-14)4-7-17-15/h2-4,7,10-12,17H,5-6,8-9H2,1H3,(H,18,19). The van der Waals surface area contributed by atoms with E-state index in [9.17, 15) is 4.79 Å². The van der Waals surface area contributed by atoms with Crippen LogP contribution in [0, 0.1) is 5.92 Å². The third-order valence-corrected chi connectivity index (χ3v) is 4.15. The molecule has 2 heterocycles. The molecular weight excluding hydrogens is 252 g/mol. The van der Waals surface area contributed by atoms with Crippen LogP contribution in [0.5, 0.6) is 0 Å². The molecule has 1 aromatic heterocycles. The van der Waals surface area contributed by atoms with Gasteiger partial charge in [0.1, 0.15) is 0 Å². The summed E-state index contributed by atoms with van der Waals surface area (Å²) < 4.78 is 5.36. The van der Waals surface area contributed by atoms with E-state index < -0.39 is 0 Å². The highest BCUT2D eigenvalue weighted by molar-refractivity contribution is 5.98. The number of amides is 1. The molecule has 1 aliphatic rings. The quantitative estimate of drug-likeness (QED) is 0.902. The highest BCUT2D eigenvalue weighted by atomic mass is 16.5. The van der Waals surface area contributed by atoms with Gasteiger partial charge in [0.15, 0.2) is 0 Å². The number of carbonyl (C=O) groups excluding carboxylic acids is 1. The summed E-state index contributed by atoms with van der Waals surface area (Å²) in [6.07, 6.45) is 3.94. The van der Waals surface area contributed by atoms with Gasteiger partial charge in [-0.1, -0.05) is 0 Å². The van der Waals surface area contributed by atoms with Crippen molar-refractivity contribution in [3.63, 3.8) is 0 Å². The van der Waals surface area contributed by atoms with E-state index in [0.29, 0.717) is 5.92 Å². The maximum Gasteiger partial charge on any atom is 0.251 e. The first kappa shape index (κ1) is 13.2. The third-order valence-electron chi connectivity index (χ3n) is 4.15. The van der Waals surface area contributed by atoms with Crippen molar-refractivity contribution >= 4 is 16.8 Å². The number of hydrogen-bond donors (Lipinski definition) is 2. The van der Waals surface area contributed by atoms with Gasteiger partial charge in [0.2, 0.25) is 0 Å². The van der Waals surface area contributed by atoms with Crippen LogP contribution in [-0.4, -0.2) is 30.1 Å². The number of aromatic nitrogens is 1. The molecular formula is C16H20N2O2. The molecule has 0 radical (unpaired) electrons. The number of carbonyl (C=O) groups is 1. The highest BCUT2D eigenvalue weighted by Gasteiger charge is 2.22. The Morgan fingerprint density at radius 2 is 2.15 bits per heavy atom. The summed E-state index contributed by atoms with van der Waals surface area (Å²) in [5, 5.41) is 4.18. The van der Waals surface area contributed by atoms with Gasteiger partial charge in [0, 0.05) is 41.9 Å². The molecule has 1 fully saturated rings. The molecule has 0 spiro atoms. The van der Waals surface area contributed by atoms with Crippen molar-refractivity contribution in [1.29, 1.82) is 0 Å². The van der Waals surface area contributed by atoms with Crippen molar-refractivity contribution in [3.8, 4) is 0 Å². The zero-order valence-electron chi connectivity index (χ0n) is 11.7. The molecule has 3 rings (SSSR count). The van der Waals surface area contributed by atoms with Gasteiger partial charge >= 0.3 is 0 Å². The van der Waals surface area contributed by atoms with Crippen molar-refractivity contribution in [1.82, 2.24) is 10.3 Å². The largest absolute Gasteiger partial charge is 0.381 e. The molecule has 1 saturated heterocycles. The highest BCUT2D eigenvalue weighted by Crippen LogP contribution is 2.19. The summed E-state index contributed by atoms with van der Waals surface area (Å²) in [5.41, 5.74) is 1.77. The average Bonchev–Trinajstić information content (AvgIpc) is 2.95. The second-order valence-corrected chi connectivity index (χ2v) is 5.49. The Morgan fingerprint density at radius 3 is 2.95 bits per heavy atom. The fraction of sp³-hybridized carbons (Fsp3) is 0.438. The van der Waals surface area contributed by atoms with E-state index in [-0.39, 0.29) is 11.9 Å². The zero-order valence-corrected chi connectivity index (χ0v) is 11.7. The minimum Gasteiger partial charge on any atom is -0.381 e. The summed E-state index contributed by atoms with van der Waals surface area (Å²) in [7, 11) is 0. The summed E-state index contributed by atoms with van der Waals surface area (Å²) >= 11 is 0. The molecule has 1 amide bonds. The third kappa shape index (κ3) is 2.70. The van der Waals surface area contributed by atoms with E-state index >= 15 is 0 Å². The molecule has 1 aliphatic heterocycles. The topological polar surface area (TPSA) is 54.1 Å². The minimum atomic E-state index is 0.00657. The molecule has 0 aliphatic carbocycles. The van der Waals surface area contributed by atoms with Crippen molar-refractivity contribution in [2.24, 2.45) is 5.92 Å². The smallest absolute Gasteiger partial charge is 0.251 e. The Kier molecular flexibility index (Phi) is 3.74. The van der Waals surface area contributed by atoms with Gasteiger partial charge in [0.25, 0.3) is 5.91 Å². The molecule has 4 heteroatoms. The lowest BCUT2D eigenvalue weighted by atomic mass is 9.93. The molecule has 2 aromatic rings. The SMILES string of the molecule is CC(NC(=O)c1ccc2[nH]ccc2c1)C1CCOCC1. The van der Waals surface area contributed by atoms with Gasteiger partial charge < -0.3 is 15.0 Å². The normalized spacial score (nSPS) is 18.1. The predicted octanol–water partition coefficient (Wildman–Crippen LogP) is 2.71. The van der Waals surface area contributed by atoms with Crippen molar-refractivity contribution < 1.29 is 9.53 Å². The molecule has 0 saturated carbocycles. The van der Waals surface area contributed by atoms with Gasteiger partial charge in [-0.05, 0) is 49.9 Å². The number of H-pyrrole nitrogens is 1. The van der Waals surface area contributed by atoms with E-state index in [1.807, 2.05) is 30.5 Å². The van der Waals surface area contributed by atoms with E-state index in [4.69, 9.17) is 4.74 Å². The summed E-state index contributed by atoms with van der Waals surface area (Å²) in [6.45, 7) is 3.70. The average molecular weight is 272 g/mol. The van der Waals surface area contributed by atoms with Gasteiger partial charge in [0.05, 0.1) is 0 Å². The first-order chi connectivity index (χ1) is 9.74. The molecule has 106 valence electrons. The fourth-order valence-electron chi connectivity index (χ4n) is 2.82. The monoisotopic (exact) mass is 272 g/mol. The Hall–Kier alpha value is -1.81. The molecule has 0 bridgehead atoms. The zero-order chi connectivity index (χ0) is 13.9. The van der Waals surface area contributed by atoms with Crippen LogP contribution in [0.4, 0.5) is 0 Å². The first-order valence-electron chi connectivity index (χ1n) is 7.20. The van der Waals surface area contributed by atoms with Gasteiger partial charge in [-0.2, -0.15) is 0 Å². The number of fused-ring (bicyclic) bond motifs is 1. The van der Waals surface area contributed by atoms with Gasteiger partial charge in [-0.25, -0.2) is 0 Å². The molecule has 2 N–H and O–H groups in total.